The highest BCUT2D eigenvalue weighted by atomic mass is 32.1. The first-order valence-electron chi connectivity index (χ1n) is 10.4. The molecule has 0 radical (unpaired) electrons. The number of carbonyl (C=O) groups is 3. The summed E-state index contributed by atoms with van der Waals surface area (Å²) in [6, 6.07) is 13.8. The fourth-order valence-corrected chi connectivity index (χ4v) is 4.43. The minimum Gasteiger partial charge on any atom is -0.497 e. The molecule has 2 heterocycles. The lowest BCUT2D eigenvalue weighted by molar-refractivity contribution is -0.122. The maximum absolute atomic E-state index is 12.7. The third kappa shape index (κ3) is 5.36. The van der Waals surface area contributed by atoms with Crippen molar-refractivity contribution >= 4 is 34.1 Å². The Labute approximate surface area is 199 Å². The van der Waals surface area contributed by atoms with Gasteiger partial charge < -0.3 is 30.5 Å². The standard InChI is InChI=1S/C24H23N3O6S/c1-32-18-4-2-3-15(9-18)10-25-22(29)20-26-21(28)19-17(13-34-23(19)27-20)12-33-11-14-5-7-16(8-6-14)24(30)31/h2-9,13,20,27H,10-12H2,1H3,(H,25,29)(H,26,28)(H,30,31). The molecule has 4 rings (SSSR count). The van der Waals surface area contributed by atoms with E-state index in [1.54, 1.807) is 19.2 Å². The largest absolute Gasteiger partial charge is 0.497 e. The monoisotopic (exact) mass is 481 g/mol. The maximum Gasteiger partial charge on any atom is 0.335 e. The second kappa shape index (κ2) is 10.4. The van der Waals surface area contributed by atoms with Crippen molar-refractivity contribution in [2.75, 3.05) is 12.4 Å². The summed E-state index contributed by atoms with van der Waals surface area (Å²) in [5.74, 6) is -0.979. The van der Waals surface area contributed by atoms with Crippen molar-refractivity contribution in [3.05, 3.63) is 81.7 Å². The van der Waals surface area contributed by atoms with Gasteiger partial charge in [-0.05, 0) is 40.8 Å². The van der Waals surface area contributed by atoms with E-state index >= 15 is 0 Å². The van der Waals surface area contributed by atoms with Crippen LogP contribution in [0.25, 0.3) is 0 Å². The predicted octanol–water partition coefficient (Wildman–Crippen LogP) is 2.97. The summed E-state index contributed by atoms with van der Waals surface area (Å²) in [4.78, 5) is 36.3. The van der Waals surface area contributed by atoms with Crippen LogP contribution in [0.3, 0.4) is 0 Å². The highest BCUT2D eigenvalue weighted by Crippen LogP contribution is 2.32. The van der Waals surface area contributed by atoms with E-state index in [0.29, 0.717) is 28.4 Å². The average molecular weight is 482 g/mol. The summed E-state index contributed by atoms with van der Waals surface area (Å²) in [6.07, 6.45) is -0.884. The number of aromatic carboxylic acids is 1. The van der Waals surface area contributed by atoms with Gasteiger partial charge in [0.2, 0.25) is 0 Å². The van der Waals surface area contributed by atoms with Crippen molar-refractivity contribution in [2.24, 2.45) is 0 Å². The summed E-state index contributed by atoms with van der Waals surface area (Å²) < 4.78 is 10.9. The van der Waals surface area contributed by atoms with Gasteiger partial charge in [0.25, 0.3) is 11.8 Å². The molecule has 9 nitrogen and oxygen atoms in total. The molecule has 1 aliphatic rings. The van der Waals surface area contributed by atoms with Crippen molar-refractivity contribution in [1.82, 2.24) is 10.6 Å². The third-order valence-electron chi connectivity index (χ3n) is 5.24. The Morgan fingerprint density at radius 2 is 1.88 bits per heavy atom. The van der Waals surface area contributed by atoms with Crippen LogP contribution < -0.4 is 20.7 Å². The number of rotatable bonds is 9. The van der Waals surface area contributed by atoms with E-state index in [9.17, 15) is 14.4 Å². The van der Waals surface area contributed by atoms with Crippen molar-refractivity contribution in [1.29, 1.82) is 0 Å². The molecule has 1 aromatic heterocycles. The van der Waals surface area contributed by atoms with Crippen molar-refractivity contribution in [3.63, 3.8) is 0 Å². The number of carbonyl (C=O) groups excluding carboxylic acids is 2. The van der Waals surface area contributed by atoms with Crippen LogP contribution in [0.2, 0.25) is 0 Å². The first kappa shape index (κ1) is 23.3. The van der Waals surface area contributed by atoms with Gasteiger partial charge in [-0.15, -0.1) is 11.3 Å². The van der Waals surface area contributed by atoms with Crippen LogP contribution >= 0.6 is 11.3 Å². The highest BCUT2D eigenvalue weighted by molar-refractivity contribution is 7.14. The Morgan fingerprint density at radius 3 is 2.62 bits per heavy atom. The Kier molecular flexibility index (Phi) is 7.09. The number of hydrogen-bond acceptors (Lipinski definition) is 7. The molecular weight excluding hydrogens is 458 g/mol. The molecule has 0 saturated heterocycles. The van der Waals surface area contributed by atoms with E-state index in [1.807, 2.05) is 29.6 Å². The quantitative estimate of drug-likeness (QED) is 0.370. The lowest BCUT2D eigenvalue weighted by Gasteiger charge is -2.25. The van der Waals surface area contributed by atoms with Gasteiger partial charge in [-0.1, -0.05) is 24.3 Å². The molecule has 2 aromatic carbocycles. The van der Waals surface area contributed by atoms with Gasteiger partial charge >= 0.3 is 5.97 Å². The molecule has 0 fully saturated rings. The zero-order valence-electron chi connectivity index (χ0n) is 18.3. The smallest absolute Gasteiger partial charge is 0.335 e. The zero-order valence-corrected chi connectivity index (χ0v) is 19.1. The minimum absolute atomic E-state index is 0.203. The fourth-order valence-electron chi connectivity index (χ4n) is 3.45. The molecule has 2 amide bonds. The first-order chi connectivity index (χ1) is 16.4. The fraction of sp³-hybridized carbons (Fsp3) is 0.208. The number of fused-ring (bicyclic) bond motifs is 1. The molecule has 4 N–H and O–H groups in total. The van der Waals surface area contributed by atoms with Gasteiger partial charge in [0.15, 0.2) is 6.17 Å². The number of methoxy groups -OCH3 is 1. The van der Waals surface area contributed by atoms with Crippen LogP contribution in [0.1, 0.15) is 37.4 Å². The van der Waals surface area contributed by atoms with E-state index in [4.69, 9.17) is 14.6 Å². The normalized spacial score (nSPS) is 14.5. The van der Waals surface area contributed by atoms with E-state index in [1.165, 1.54) is 23.5 Å². The predicted molar refractivity (Wildman–Crippen MR) is 126 cm³/mol. The number of hydrogen-bond donors (Lipinski definition) is 4. The maximum atomic E-state index is 12.7. The first-order valence-corrected chi connectivity index (χ1v) is 11.3. The molecule has 34 heavy (non-hydrogen) atoms. The Bertz CT molecular complexity index is 1210. The Balaban J connectivity index is 1.32. The highest BCUT2D eigenvalue weighted by Gasteiger charge is 2.31. The van der Waals surface area contributed by atoms with Gasteiger partial charge in [-0.25, -0.2) is 4.79 Å². The van der Waals surface area contributed by atoms with Gasteiger partial charge in [0, 0.05) is 12.1 Å². The number of thiophene rings is 1. The lowest BCUT2D eigenvalue weighted by atomic mass is 10.1. The number of carboxylic acids is 1. The van der Waals surface area contributed by atoms with E-state index in [-0.39, 0.29) is 30.6 Å². The summed E-state index contributed by atoms with van der Waals surface area (Å²) in [5, 5.41) is 20.0. The summed E-state index contributed by atoms with van der Waals surface area (Å²) in [6.45, 7) is 0.775. The molecular formula is C24H23N3O6S. The van der Waals surface area contributed by atoms with E-state index in [2.05, 4.69) is 16.0 Å². The van der Waals surface area contributed by atoms with E-state index < -0.39 is 12.1 Å². The van der Waals surface area contributed by atoms with Crippen LogP contribution in [-0.4, -0.2) is 36.2 Å². The average Bonchev–Trinajstić information content (AvgIpc) is 3.26. The van der Waals surface area contributed by atoms with Crippen LogP contribution in [0, 0.1) is 0 Å². The summed E-state index contributed by atoms with van der Waals surface area (Å²) in [7, 11) is 1.58. The van der Waals surface area contributed by atoms with Crippen LogP contribution in [0.4, 0.5) is 5.00 Å². The lowest BCUT2D eigenvalue weighted by Crippen LogP contribution is -2.53. The number of ether oxygens (including phenoxy) is 2. The molecule has 1 unspecified atom stereocenters. The Hall–Kier alpha value is -3.89. The number of nitrogens with one attached hydrogen (secondary N) is 3. The van der Waals surface area contributed by atoms with Gasteiger partial charge in [0.05, 0.1) is 31.5 Å². The molecule has 0 bridgehead atoms. The Morgan fingerprint density at radius 1 is 1.09 bits per heavy atom. The van der Waals surface area contributed by atoms with Crippen molar-refractivity contribution < 1.29 is 29.0 Å². The number of carboxylic acid groups (broad SMARTS) is 1. The second-order valence-corrected chi connectivity index (χ2v) is 8.46. The van der Waals surface area contributed by atoms with Gasteiger partial charge in [0.1, 0.15) is 10.8 Å². The molecule has 1 atom stereocenters. The molecule has 0 aliphatic carbocycles. The number of anilines is 1. The van der Waals surface area contributed by atoms with Crippen LogP contribution in [0.5, 0.6) is 5.75 Å². The van der Waals surface area contributed by atoms with Gasteiger partial charge in [-0.3, -0.25) is 9.59 Å². The van der Waals surface area contributed by atoms with Crippen molar-refractivity contribution in [3.8, 4) is 5.75 Å². The topological polar surface area (TPSA) is 126 Å². The third-order valence-corrected chi connectivity index (χ3v) is 6.20. The molecule has 10 heteroatoms. The molecule has 1 aliphatic heterocycles. The van der Waals surface area contributed by atoms with Crippen LogP contribution in [-0.2, 0) is 29.3 Å². The SMILES string of the molecule is COc1cccc(CNC(=O)C2NC(=O)c3c(COCc4ccc(C(=O)O)cc4)csc3N2)c1. The minimum atomic E-state index is -0.983. The van der Waals surface area contributed by atoms with Crippen LogP contribution in [0.15, 0.2) is 53.9 Å². The number of benzene rings is 2. The molecule has 0 spiro atoms. The van der Waals surface area contributed by atoms with Crippen molar-refractivity contribution in [2.45, 2.75) is 25.9 Å². The second-order valence-electron chi connectivity index (χ2n) is 7.58. The van der Waals surface area contributed by atoms with E-state index in [0.717, 1.165) is 11.1 Å². The van der Waals surface area contributed by atoms with Gasteiger partial charge in [-0.2, -0.15) is 0 Å². The molecule has 0 saturated carbocycles. The zero-order chi connectivity index (χ0) is 24.1. The number of amides is 2. The molecule has 3 aromatic rings. The summed E-state index contributed by atoms with van der Waals surface area (Å²) in [5.41, 5.74) is 3.08. The molecule has 176 valence electrons. The summed E-state index contributed by atoms with van der Waals surface area (Å²) >= 11 is 1.33.